The van der Waals surface area contributed by atoms with Gasteiger partial charge in [0.1, 0.15) is 0 Å². The molecule has 0 bridgehead atoms. The molecule has 90 valence electrons. The third kappa shape index (κ3) is 6.88. The Balaban J connectivity index is 0.00000256. The van der Waals surface area contributed by atoms with Gasteiger partial charge in [-0.15, -0.1) is 0 Å². The van der Waals surface area contributed by atoms with Crippen LogP contribution in [-0.4, -0.2) is 4.89 Å². The van der Waals surface area contributed by atoms with Crippen LogP contribution in [0.15, 0.2) is 24.3 Å². The van der Waals surface area contributed by atoms with Gasteiger partial charge in [0.15, 0.2) is 0 Å². The normalized spacial score (nSPS) is 14.9. The summed E-state index contributed by atoms with van der Waals surface area (Å²) in [5.41, 5.74) is -0.558. The Morgan fingerprint density at radius 2 is 2.00 bits per heavy atom. The van der Waals surface area contributed by atoms with Gasteiger partial charge in [0.2, 0.25) is 0 Å². The first-order valence-electron chi connectivity index (χ1n) is 4.13. The minimum absolute atomic E-state index is 0. The maximum Gasteiger partial charge on any atom is 1.00 e. The molecular weight excluding hydrogens is 285 g/mol. The van der Waals surface area contributed by atoms with Gasteiger partial charge >= 0.3 is 35.7 Å². The van der Waals surface area contributed by atoms with Gasteiger partial charge in [0.25, 0.3) is 0 Å². The number of benzene rings is 1. The molecule has 1 aromatic carbocycles. The molecule has 0 aromatic heterocycles. The molecule has 0 heterocycles. The molecule has 0 spiro atoms. The standard InChI is InChI=1S/C8H9F3NO2PS.Na/c9-8(10,11)7-3-1-2-6(4-7)5-12-15(13,14)16;/h1-4H,5H2,(H3,12,13,14,16);/q;+1/p-1. The molecule has 0 aliphatic rings. The molecule has 1 rings (SSSR count). The van der Waals surface area contributed by atoms with Crippen molar-refractivity contribution in [1.82, 2.24) is 5.09 Å². The maximum atomic E-state index is 12.3. The summed E-state index contributed by atoms with van der Waals surface area (Å²) in [5, 5.41) is 2.08. The third-order valence-electron chi connectivity index (χ3n) is 1.74. The largest absolute Gasteiger partial charge is 1.00 e. The number of halogens is 3. The van der Waals surface area contributed by atoms with Crippen molar-refractivity contribution in [1.29, 1.82) is 0 Å². The topological polar surface area (TPSA) is 55.3 Å². The summed E-state index contributed by atoms with van der Waals surface area (Å²) in [5.74, 6) is 0. The van der Waals surface area contributed by atoms with E-state index in [4.69, 9.17) is 4.89 Å². The van der Waals surface area contributed by atoms with Gasteiger partial charge < -0.3 is 9.79 Å². The average Bonchev–Trinajstić information content (AvgIpc) is 2.13. The molecule has 0 saturated carbocycles. The molecule has 2 N–H and O–H groups in total. The molecule has 0 radical (unpaired) electrons. The second-order valence-corrected chi connectivity index (χ2v) is 5.90. The molecule has 1 unspecified atom stereocenters. The first-order chi connectivity index (χ1) is 7.18. The summed E-state index contributed by atoms with van der Waals surface area (Å²) in [6, 6.07) is 4.46. The van der Waals surface area contributed by atoms with E-state index in [0.717, 1.165) is 12.1 Å². The van der Waals surface area contributed by atoms with Gasteiger partial charge in [-0.1, -0.05) is 30.0 Å². The minimum Gasteiger partial charge on any atom is -0.789 e. The van der Waals surface area contributed by atoms with E-state index >= 15 is 0 Å². The summed E-state index contributed by atoms with van der Waals surface area (Å²) in [4.78, 5) is 19.5. The van der Waals surface area contributed by atoms with E-state index < -0.39 is 18.4 Å². The molecule has 0 saturated heterocycles. The van der Waals surface area contributed by atoms with Gasteiger partial charge in [-0.25, -0.2) is 0 Å². The van der Waals surface area contributed by atoms with Crippen molar-refractivity contribution in [2.24, 2.45) is 0 Å². The molecule has 1 atom stereocenters. The second kappa shape index (κ2) is 6.63. The van der Waals surface area contributed by atoms with Crippen molar-refractivity contribution in [3.05, 3.63) is 35.4 Å². The number of hydrogen-bond donors (Lipinski definition) is 2. The van der Waals surface area contributed by atoms with Crippen LogP contribution in [0.1, 0.15) is 11.1 Å². The molecule has 0 aliphatic heterocycles. The van der Waals surface area contributed by atoms with Crippen LogP contribution < -0.4 is 39.5 Å². The van der Waals surface area contributed by atoms with Crippen LogP contribution in [-0.2, 0) is 24.5 Å². The monoisotopic (exact) mass is 293 g/mol. The van der Waals surface area contributed by atoms with Crippen molar-refractivity contribution in [2.75, 3.05) is 0 Å². The molecule has 0 amide bonds. The van der Waals surface area contributed by atoms with Gasteiger partial charge in [-0.05, 0) is 11.6 Å². The SMILES string of the molecule is [Na+].[O-]P(O)(=S)NCc1cccc(C(F)(F)F)c1. The molecule has 1 aromatic rings. The summed E-state index contributed by atoms with van der Waals surface area (Å²) in [6.45, 7) is -4.01. The van der Waals surface area contributed by atoms with Crippen LogP contribution >= 0.6 is 6.64 Å². The Morgan fingerprint density at radius 1 is 1.41 bits per heavy atom. The van der Waals surface area contributed by atoms with Gasteiger partial charge in [0, 0.05) is 6.54 Å². The van der Waals surface area contributed by atoms with Gasteiger partial charge in [0.05, 0.1) is 12.2 Å². The van der Waals surface area contributed by atoms with E-state index in [9.17, 15) is 18.1 Å². The van der Waals surface area contributed by atoms with Crippen LogP contribution in [0.5, 0.6) is 0 Å². The fourth-order valence-electron chi connectivity index (χ4n) is 1.05. The first kappa shape index (κ1) is 17.5. The smallest absolute Gasteiger partial charge is 0.789 e. The minimum atomic E-state index is -4.42. The van der Waals surface area contributed by atoms with Crippen molar-refractivity contribution >= 4 is 18.4 Å². The van der Waals surface area contributed by atoms with Crippen molar-refractivity contribution in [3.63, 3.8) is 0 Å². The van der Waals surface area contributed by atoms with E-state index in [-0.39, 0.29) is 41.7 Å². The predicted molar refractivity (Wildman–Crippen MR) is 54.8 cm³/mol. The van der Waals surface area contributed by atoms with Crippen molar-refractivity contribution < 1.29 is 52.5 Å². The molecular formula is C8H8F3NNaO2PS. The zero-order chi connectivity index (χ0) is 12.4. The Bertz CT molecular complexity index is 423. The molecule has 0 fully saturated rings. The first-order valence-corrected chi connectivity index (χ1v) is 6.81. The summed E-state index contributed by atoms with van der Waals surface area (Å²) in [6.07, 6.45) is -4.42. The van der Waals surface area contributed by atoms with E-state index in [2.05, 4.69) is 16.9 Å². The molecule has 17 heavy (non-hydrogen) atoms. The Morgan fingerprint density at radius 3 is 2.47 bits per heavy atom. The van der Waals surface area contributed by atoms with E-state index in [1.165, 1.54) is 12.1 Å². The van der Waals surface area contributed by atoms with Crippen LogP contribution in [0.4, 0.5) is 13.2 Å². The summed E-state index contributed by atoms with van der Waals surface area (Å²) in [7, 11) is 0. The number of nitrogens with one attached hydrogen (secondary N) is 1. The van der Waals surface area contributed by atoms with E-state index in [1.807, 2.05) is 0 Å². The number of hydrogen-bond acceptors (Lipinski definition) is 2. The predicted octanol–water partition coefficient (Wildman–Crippen LogP) is -1.62. The van der Waals surface area contributed by atoms with Crippen LogP contribution in [0.3, 0.4) is 0 Å². The quantitative estimate of drug-likeness (QED) is 0.519. The molecule has 3 nitrogen and oxygen atoms in total. The zero-order valence-corrected chi connectivity index (χ0v) is 12.6. The fourth-order valence-corrected chi connectivity index (χ4v) is 1.62. The molecule has 9 heteroatoms. The maximum absolute atomic E-state index is 12.3. The average molecular weight is 293 g/mol. The van der Waals surface area contributed by atoms with Crippen LogP contribution in [0, 0.1) is 0 Å². The third-order valence-corrected chi connectivity index (χ3v) is 2.68. The second-order valence-electron chi connectivity index (χ2n) is 3.05. The van der Waals surface area contributed by atoms with Crippen molar-refractivity contribution in [2.45, 2.75) is 12.7 Å². The Kier molecular flexibility index (Phi) is 6.84. The van der Waals surface area contributed by atoms with Gasteiger partial charge in [-0.3, -0.25) is 5.09 Å². The van der Waals surface area contributed by atoms with Crippen LogP contribution in [0.2, 0.25) is 0 Å². The zero-order valence-electron chi connectivity index (χ0n) is 8.86. The number of rotatable bonds is 3. The van der Waals surface area contributed by atoms with E-state index in [1.54, 1.807) is 0 Å². The summed E-state index contributed by atoms with van der Waals surface area (Å²) < 4.78 is 36.9. The number of alkyl halides is 3. The fraction of sp³-hybridized carbons (Fsp3) is 0.250. The summed E-state index contributed by atoms with van der Waals surface area (Å²) >= 11 is 4.17. The Labute approximate surface area is 124 Å². The van der Waals surface area contributed by atoms with E-state index in [0.29, 0.717) is 0 Å². The van der Waals surface area contributed by atoms with Crippen molar-refractivity contribution in [3.8, 4) is 0 Å². The van der Waals surface area contributed by atoms with Gasteiger partial charge in [-0.2, -0.15) is 13.2 Å². The Hall–Kier alpha value is 0.540. The van der Waals surface area contributed by atoms with Crippen LogP contribution in [0.25, 0.3) is 0 Å². The molecule has 0 aliphatic carbocycles.